The normalized spacial score (nSPS) is 11.2. The number of rotatable bonds is 5. The second-order valence-electron chi connectivity index (χ2n) is 4.31. The fourth-order valence-corrected chi connectivity index (χ4v) is 2.07. The largest absolute Gasteiger partial charge is 0.312 e. The van der Waals surface area contributed by atoms with Crippen LogP contribution in [-0.2, 0) is 13.5 Å². The molecule has 0 saturated carbocycles. The highest BCUT2D eigenvalue weighted by Gasteiger charge is 2.12. The summed E-state index contributed by atoms with van der Waals surface area (Å²) in [6.07, 6.45) is 6.99. The summed E-state index contributed by atoms with van der Waals surface area (Å²) in [6, 6.07) is 0. The Labute approximate surface area is 99.9 Å². The van der Waals surface area contributed by atoms with E-state index in [1.807, 2.05) is 7.05 Å². The first-order chi connectivity index (χ1) is 8.24. The molecule has 2 aromatic heterocycles. The monoisotopic (exact) mass is 234 g/mol. The van der Waals surface area contributed by atoms with E-state index in [1.54, 1.807) is 4.68 Å². The second kappa shape index (κ2) is 5.12. The van der Waals surface area contributed by atoms with Gasteiger partial charge < -0.3 is 4.98 Å². The zero-order valence-corrected chi connectivity index (χ0v) is 10.4. The Morgan fingerprint density at radius 2 is 2.18 bits per heavy atom. The topological polar surface area (TPSA) is 63.6 Å². The second-order valence-corrected chi connectivity index (χ2v) is 4.31. The van der Waals surface area contributed by atoms with Gasteiger partial charge in [0.1, 0.15) is 5.39 Å². The highest BCUT2D eigenvalue weighted by Crippen LogP contribution is 2.13. The van der Waals surface area contributed by atoms with Crippen LogP contribution in [0.25, 0.3) is 11.0 Å². The molecule has 0 saturated heterocycles. The van der Waals surface area contributed by atoms with Gasteiger partial charge in [-0.15, -0.1) is 0 Å². The summed E-state index contributed by atoms with van der Waals surface area (Å²) >= 11 is 0. The van der Waals surface area contributed by atoms with Crippen LogP contribution in [0.5, 0.6) is 0 Å². The Balaban J connectivity index is 2.25. The van der Waals surface area contributed by atoms with E-state index >= 15 is 0 Å². The van der Waals surface area contributed by atoms with E-state index in [9.17, 15) is 4.79 Å². The lowest BCUT2D eigenvalue weighted by Crippen LogP contribution is -2.07. The number of nitrogens with zero attached hydrogens (tertiary/aromatic N) is 3. The van der Waals surface area contributed by atoms with E-state index in [-0.39, 0.29) is 5.56 Å². The van der Waals surface area contributed by atoms with Crippen LogP contribution in [0.1, 0.15) is 38.3 Å². The Hall–Kier alpha value is -1.65. The van der Waals surface area contributed by atoms with Gasteiger partial charge in [0.25, 0.3) is 5.56 Å². The van der Waals surface area contributed by atoms with Crippen molar-refractivity contribution in [2.45, 2.75) is 39.0 Å². The van der Waals surface area contributed by atoms with Gasteiger partial charge in [-0.25, -0.2) is 9.67 Å². The number of unbranched alkanes of at least 4 members (excludes halogenated alkanes) is 3. The zero-order valence-electron chi connectivity index (χ0n) is 10.4. The van der Waals surface area contributed by atoms with Crippen molar-refractivity contribution in [3.63, 3.8) is 0 Å². The molecular weight excluding hydrogens is 216 g/mol. The maximum Gasteiger partial charge on any atom is 0.262 e. The molecule has 1 N–H and O–H groups in total. The van der Waals surface area contributed by atoms with E-state index in [0.29, 0.717) is 11.0 Å². The van der Waals surface area contributed by atoms with Crippen LogP contribution in [0.4, 0.5) is 0 Å². The third kappa shape index (κ3) is 2.38. The molecule has 5 heteroatoms. The third-order valence-electron chi connectivity index (χ3n) is 2.97. The van der Waals surface area contributed by atoms with Crippen LogP contribution in [0, 0.1) is 0 Å². The molecule has 0 fully saturated rings. The minimum atomic E-state index is -0.0893. The van der Waals surface area contributed by atoms with Gasteiger partial charge in [-0.3, -0.25) is 4.79 Å². The van der Waals surface area contributed by atoms with Crippen molar-refractivity contribution in [3.8, 4) is 0 Å². The number of fused-ring (bicyclic) bond motifs is 1. The van der Waals surface area contributed by atoms with Crippen LogP contribution < -0.4 is 5.56 Å². The highest BCUT2D eigenvalue weighted by atomic mass is 16.1. The Morgan fingerprint density at radius 1 is 1.35 bits per heavy atom. The SMILES string of the molecule is CCCCCCc1nn(C)c2nc[nH]c(=O)c12. The lowest BCUT2D eigenvalue weighted by Gasteiger charge is -1.96. The molecule has 0 aliphatic carbocycles. The van der Waals surface area contributed by atoms with Crippen molar-refractivity contribution >= 4 is 11.0 Å². The maximum absolute atomic E-state index is 11.8. The lowest BCUT2D eigenvalue weighted by molar-refractivity contribution is 0.652. The van der Waals surface area contributed by atoms with E-state index in [2.05, 4.69) is 22.0 Å². The first-order valence-corrected chi connectivity index (χ1v) is 6.13. The van der Waals surface area contributed by atoms with Crippen LogP contribution in [0.2, 0.25) is 0 Å². The predicted molar refractivity (Wildman–Crippen MR) is 67.0 cm³/mol. The molecule has 0 aliphatic heterocycles. The van der Waals surface area contributed by atoms with Crippen molar-refractivity contribution in [1.82, 2.24) is 19.7 Å². The third-order valence-corrected chi connectivity index (χ3v) is 2.97. The summed E-state index contributed by atoms with van der Waals surface area (Å²) in [4.78, 5) is 18.5. The van der Waals surface area contributed by atoms with Crippen LogP contribution in [-0.4, -0.2) is 19.7 Å². The Morgan fingerprint density at radius 3 is 2.94 bits per heavy atom. The highest BCUT2D eigenvalue weighted by molar-refractivity contribution is 5.76. The van der Waals surface area contributed by atoms with E-state index in [4.69, 9.17) is 0 Å². The number of hydrogen-bond donors (Lipinski definition) is 1. The first-order valence-electron chi connectivity index (χ1n) is 6.13. The van der Waals surface area contributed by atoms with Gasteiger partial charge in [0.2, 0.25) is 0 Å². The number of aromatic amines is 1. The van der Waals surface area contributed by atoms with Crippen LogP contribution in [0.3, 0.4) is 0 Å². The smallest absolute Gasteiger partial charge is 0.262 e. The molecule has 0 atom stereocenters. The molecule has 0 unspecified atom stereocenters. The molecule has 5 nitrogen and oxygen atoms in total. The average Bonchev–Trinajstić information content (AvgIpc) is 2.64. The number of aromatic nitrogens is 4. The van der Waals surface area contributed by atoms with Gasteiger partial charge >= 0.3 is 0 Å². The predicted octanol–water partition coefficient (Wildman–Crippen LogP) is 1.78. The van der Waals surface area contributed by atoms with Crippen LogP contribution in [0.15, 0.2) is 11.1 Å². The summed E-state index contributed by atoms with van der Waals surface area (Å²) < 4.78 is 1.68. The van der Waals surface area contributed by atoms with Crippen LogP contribution >= 0.6 is 0 Å². The maximum atomic E-state index is 11.8. The summed E-state index contributed by atoms with van der Waals surface area (Å²) in [7, 11) is 1.82. The molecule has 0 bridgehead atoms. The van der Waals surface area contributed by atoms with Gasteiger partial charge in [-0.2, -0.15) is 5.10 Å². The Kier molecular flexibility index (Phi) is 3.56. The molecule has 0 aliphatic rings. The number of H-pyrrole nitrogens is 1. The zero-order chi connectivity index (χ0) is 12.3. The summed E-state index contributed by atoms with van der Waals surface area (Å²) in [5.74, 6) is 0. The summed E-state index contributed by atoms with van der Waals surface area (Å²) in [5, 5.41) is 5.03. The molecule has 2 heterocycles. The van der Waals surface area contributed by atoms with E-state index in [0.717, 1.165) is 18.5 Å². The number of hydrogen-bond acceptors (Lipinski definition) is 3. The molecule has 0 spiro atoms. The van der Waals surface area contributed by atoms with E-state index in [1.165, 1.54) is 25.6 Å². The molecule has 92 valence electrons. The molecular formula is C12H18N4O. The quantitative estimate of drug-likeness (QED) is 0.802. The minimum Gasteiger partial charge on any atom is -0.312 e. The number of aryl methyl sites for hydroxylation is 2. The van der Waals surface area contributed by atoms with Gasteiger partial charge in [0.15, 0.2) is 5.65 Å². The minimum absolute atomic E-state index is 0.0893. The average molecular weight is 234 g/mol. The van der Waals surface area contributed by atoms with Gasteiger partial charge in [-0.05, 0) is 12.8 Å². The van der Waals surface area contributed by atoms with Gasteiger partial charge in [0, 0.05) is 7.05 Å². The molecule has 17 heavy (non-hydrogen) atoms. The van der Waals surface area contributed by atoms with Crippen molar-refractivity contribution in [2.75, 3.05) is 0 Å². The van der Waals surface area contributed by atoms with Crippen molar-refractivity contribution in [3.05, 3.63) is 22.4 Å². The van der Waals surface area contributed by atoms with Crippen molar-refractivity contribution < 1.29 is 0 Å². The van der Waals surface area contributed by atoms with Crippen molar-refractivity contribution in [2.24, 2.45) is 7.05 Å². The van der Waals surface area contributed by atoms with E-state index < -0.39 is 0 Å². The van der Waals surface area contributed by atoms with Gasteiger partial charge in [0.05, 0.1) is 12.0 Å². The molecule has 0 aromatic carbocycles. The van der Waals surface area contributed by atoms with Gasteiger partial charge in [-0.1, -0.05) is 26.2 Å². The molecule has 0 amide bonds. The summed E-state index contributed by atoms with van der Waals surface area (Å²) in [5.41, 5.74) is 1.45. The number of nitrogens with one attached hydrogen (secondary N) is 1. The lowest BCUT2D eigenvalue weighted by atomic mass is 10.1. The first kappa shape index (κ1) is 11.8. The molecule has 2 rings (SSSR count). The fraction of sp³-hybridized carbons (Fsp3) is 0.583. The fourth-order valence-electron chi connectivity index (χ4n) is 2.07. The molecule has 2 aromatic rings. The van der Waals surface area contributed by atoms with Crippen molar-refractivity contribution in [1.29, 1.82) is 0 Å². The standard InChI is InChI=1S/C12H18N4O/c1-3-4-5-6-7-9-10-11(16(2)15-9)13-8-14-12(10)17/h8H,3-7H2,1-2H3,(H,13,14,17). The Bertz CT molecular complexity index is 555. The summed E-state index contributed by atoms with van der Waals surface area (Å²) in [6.45, 7) is 2.19. The molecule has 0 radical (unpaired) electrons.